The molecule has 2 atom stereocenters. The molecule has 3 heteroatoms. The maximum atomic E-state index is 10.8. The summed E-state index contributed by atoms with van der Waals surface area (Å²) in [4.78, 5) is 10.8. The molecule has 0 aromatic carbocycles. The van der Waals surface area contributed by atoms with Crippen molar-refractivity contribution in [3.63, 3.8) is 0 Å². The Kier molecular flexibility index (Phi) is 5.09. The average Bonchev–Trinajstić information content (AvgIpc) is 2.12. The van der Waals surface area contributed by atoms with Crippen molar-refractivity contribution in [3.05, 3.63) is 0 Å². The zero-order valence-electron chi connectivity index (χ0n) is 9.61. The number of hydrogen-bond donors (Lipinski definition) is 2. The fourth-order valence-corrected chi connectivity index (χ4v) is 2.24. The first kappa shape index (κ1) is 12.5. The summed E-state index contributed by atoms with van der Waals surface area (Å²) in [5.41, 5.74) is 5.42. The lowest BCUT2D eigenvalue weighted by Gasteiger charge is -2.28. The van der Waals surface area contributed by atoms with E-state index in [1.54, 1.807) is 0 Å². The van der Waals surface area contributed by atoms with E-state index in [2.05, 4.69) is 6.92 Å². The summed E-state index contributed by atoms with van der Waals surface area (Å²) < 4.78 is 0. The second kappa shape index (κ2) is 6.11. The van der Waals surface area contributed by atoms with Crippen molar-refractivity contribution in [2.75, 3.05) is 6.54 Å². The third-order valence-electron chi connectivity index (χ3n) is 3.60. The van der Waals surface area contributed by atoms with Gasteiger partial charge >= 0.3 is 5.97 Å². The molecule has 0 spiro atoms. The van der Waals surface area contributed by atoms with Crippen LogP contribution in [0.25, 0.3) is 0 Å². The van der Waals surface area contributed by atoms with Crippen molar-refractivity contribution >= 4 is 5.97 Å². The lowest BCUT2D eigenvalue weighted by atomic mass is 9.78. The first-order valence-corrected chi connectivity index (χ1v) is 6.06. The molecule has 3 N–H and O–H groups in total. The molecule has 0 aromatic heterocycles. The molecule has 15 heavy (non-hydrogen) atoms. The van der Waals surface area contributed by atoms with E-state index in [9.17, 15) is 4.79 Å². The normalized spacial score (nSPS) is 20.7. The van der Waals surface area contributed by atoms with Crippen molar-refractivity contribution in [3.8, 4) is 0 Å². The van der Waals surface area contributed by atoms with Gasteiger partial charge in [0.05, 0.1) is 5.92 Å². The smallest absolute Gasteiger partial charge is 0.307 e. The van der Waals surface area contributed by atoms with Gasteiger partial charge in [-0.15, -0.1) is 0 Å². The molecule has 0 saturated heterocycles. The van der Waals surface area contributed by atoms with Crippen LogP contribution >= 0.6 is 0 Å². The molecule has 1 rings (SSSR count). The van der Waals surface area contributed by atoms with Crippen LogP contribution < -0.4 is 5.73 Å². The molecule has 1 aliphatic rings. The van der Waals surface area contributed by atoms with Gasteiger partial charge in [0, 0.05) is 6.54 Å². The summed E-state index contributed by atoms with van der Waals surface area (Å²) in [6.07, 6.45) is 7.16. The van der Waals surface area contributed by atoms with E-state index in [-0.39, 0.29) is 12.5 Å². The molecule has 1 fully saturated rings. The van der Waals surface area contributed by atoms with Gasteiger partial charge < -0.3 is 10.8 Å². The Hall–Kier alpha value is -0.570. The van der Waals surface area contributed by atoms with Crippen molar-refractivity contribution in [2.24, 2.45) is 23.5 Å². The van der Waals surface area contributed by atoms with E-state index >= 15 is 0 Å². The second-order valence-electron chi connectivity index (χ2n) is 4.99. The Labute approximate surface area is 92.0 Å². The Bertz CT molecular complexity index is 202. The summed E-state index contributed by atoms with van der Waals surface area (Å²) in [6.45, 7) is 2.50. The van der Waals surface area contributed by atoms with Crippen LogP contribution in [0, 0.1) is 17.8 Å². The summed E-state index contributed by atoms with van der Waals surface area (Å²) >= 11 is 0. The van der Waals surface area contributed by atoms with E-state index in [1.807, 2.05) is 0 Å². The summed E-state index contributed by atoms with van der Waals surface area (Å²) in [7, 11) is 0. The lowest BCUT2D eigenvalue weighted by Crippen LogP contribution is -2.24. The first-order valence-electron chi connectivity index (χ1n) is 6.06. The molecule has 0 heterocycles. The number of carboxylic acid groups (broad SMARTS) is 1. The molecule has 0 radical (unpaired) electrons. The topological polar surface area (TPSA) is 63.3 Å². The van der Waals surface area contributed by atoms with Crippen LogP contribution in [0.5, 0.6) is 0 Å². The Morgan fingerprint density at radius 2 is 2.13 bits per heavy atom. The van der Waals surface area contributed by atoms with E-state index in [1.165, 1.54) is 25.7 Å². The van der Waals surface area contributed by atoms with Crippen molar-refractivity contribution in [1.29, 1.82) is 0 Å². The van der Waals surface area contributed by atoms with E-state index in [0.717, 1.165) is 18.8 Å². The molecule has 88 valence electrons. The highest BCUT2D eigenvalue weighted by Gasteiger charge is 2.21. The monoisotopic (exact) mass is 213 g/mol. The molecule has 0 aromatic rings. The molecule has 3 nitrogen and oxygen atoms in total. The molecular weight excluding hydrogens is 190 g/mol. The van der Waals surface area contributed by atoms with Crippen LogP contribution in [0.2, 0.25) is 0 Å². The number of hydrogen-bond acceptors (Lipinski definition) is 2. The van der Waals surface area contributed by atoms with Crippen molar-refractivity contribution in [2.45, 2.75) is 45.4 Å². The minimum atomic E-state index is -0.742. The van der Waals surface area contributed by atoms with Gasteiger partial charge in [-0.05, 0) is 31.1 Å². The van der Waals surface area contributed by atoms with Gasteiger partial charge in [-0.1, -0.05) is 26.2 Å². The maximum absolute atomic E-state index is 10.8. The Morgan fingerprint density at radius 1 is 1.47 bits per heavy atom. The predicted octanol–water partition coefficient (Wildman–Crippen LogP) is 2.25. The Balaban J connectivity index is 2.13. The fourth-order valence-electron chi connectivity index (χ4n) is 2.24. The van der Waals surface area contributed by atoms with Crippen LogP contribution in [-0.4, -0.2) is 17.6 Å². The zero-order valence-corrected chi connectivity index (χ0v) is 9.61. The SMILES string of the molecule is CC(CC[C@H](CN)C(=O)O)CC1CCC1. The summed E-state index contributed by atoms with van der Waals surface area (Å²) in [5.74, 6) is 0.493. The van der Waals surface area contributed by atoms with Crippen molar-refractivity contribution < 1.29 is 9.90 Å². The summed E-state index contributed by atoms with van der Waals surface area (Å²) in [5, 5.41) is 8.85. The largest absolute Gasteiger partial charge is 0.481 e. The predicted molar refractivity (Wildman–Crippen MR) is 60.5 cm³/mol. The molecular formula is C12H23NO2. The van der Waals surface area contributed by atoms with E-state index < -0.39 is 5.97 Å². The first-order chi connectivity index (χ1) is 7.13. The number of nitrogens with two attached hydrogens (primary N) is 1. The van der Waals surface area contributed by atoms with Crippen LogP contribution in [-0.2, 0) is 4.79 Å². The van der Waals surface area contributed by atoms with Gasteiger partial charge in [-0.25, -0.2) is 0 Å². The average molecular weight is 213 g/mol. The molecule has 0 bridgehead atoms. The summed E-state index contributed by atoms with van der Waals surface area (Å²) in [6, 6.07) is 0. The highest BCUT2D eigenvalue weighted by molar-refractivity contribution is 5.70. The molecule has 0 amide bonds. The van der Waals surface area contributed by atoms with E-state index in [0.29, 0.717) is 5.92 Å². The number of rotatable bonds is 7. The van der Waals surface area contributed by atoms with Crippen LogP contribution in [0.1, 0.15) is 45.4 Å². The van der Waals surface area contributed by atoms with Gasteiger partial charge in [-0.2, -0.15) is 0 Å². The molecule has 1 unspecified atom stereocenters. The Morgan fingerprint density at radius 3 is 2.53 bits per heavy atom. The minimum Gasteiger partial charge on any atom is -0.481 e. The third kappa shape index (κ3) is 4.20. The highest BCUT2D eigenvalue weighted by atomic mass is 16.4. The highest BCUT2D eigenvalue weighted by Crippen LogP contribution is 2.33. The standard InChI is InChI=1S/C12H23NO2/c1-9(7-10-3-2-4-10)5-6-11(8-13)12(14)15/h9-11H,2-8,13H2,1H3,(H,14,15)/t9?,11-/m1/s1. The molecule has 1 aliphatic carbocycles. The van der Waals surface area contributed by atoms with Crippen LogP contribution in [0.3, 0.4) is 0 Å². The van der Waals surface area contributed by atoms with E-state index in [4.69, 9.17) is 10.8 Å². The minimum absolute atomic E-state index is 0.269. The van der Waals surface area contributed by atoms with Gasteiger partial charge in [0.1, 0.15) is 0 Å². The van der Waals surface area contributed by atoms with Crippen LogP contribution in [0.4, 0.5) is 0 Å². The van der Waals surface area contributed by atoms with Gasteiger partial charge in [0.15, 0.2) is 0 Å². The number of aliphatic carboxylic acids is 1. The number of carboxylic acids is 1. The quantitative estimate of drug-likeness (QED) is 0.681. The number of carbonyl (C=O) groups is 1. The zero-order chi connectivity index (χ0) is 11.3. The lowest BCUT2D eigenvalue weighted by molar-refractivity contribution is -0.141. The van der Waals surface area contributed by atoms with Gasteiger partial charge in [0.25, 0.3) is 0 Å². The fraction of sp³-hybridized carbons (Fsp3) is 0.917. The third-order valence-corrected chi connectivity index (χ3v) is 3.60. The van der Waals surface area contributed by atoms with Gasteiger partial charge in [-0.3, -0.25) is 4.79 Å². The maximum Gasteiger partial charge on any atom is 0.307 e. The van der Waals surface area contributed by atoms with Crippen LogP contribution in [0.15, 0.2) is 0 Å². The molecule has 1 saturated carbocycles. The van der Waals surface area contributed by atoms with Crippen molar-refractivity contribution in [1.82, 2.24) is 0 Å². The molecule has 0 aliphatic heterocycles. The van der Waals surface area contributed by atoms with Gasteiger partial charge in [0.2, 0.25) is 0 Å². The second-order valence-corrected chi connectivity index (χ2v) is 4.99.